The molecule has 12 heteroatoms. The summed E-state index contributed by atoms with van der Waals surface area (Å²) in [6.07, 6.45) is -1.94. The first-order valence-corrected chi connectivity index (χ1v) is 7.78. The number of hydrogen-bond donors (Lipinski definition) is 4. The van der Waals surface area contributed by atoms with Crippen molar-refractivity contribution in [3.8, 4) is 0 Å². The van der Waals surface area contributed by atoms with E-state index in [-0.39, 0.29) is 12.4 Å². The van der Waals surface area contributed by atoms with Crippen LogP contribution in [0, 0.1) is 0 Å². The van der Waals surface area contributed by atoms with E-state index in [9.17, 15) is 14.5 Å². The van der Waals surface area contributed by atoms with Gasteiger partial charge in [0.25, 0.3) is 0 Å². The highest BCUT2D eigenvalue weighted by Crippen LogP contribution is 2.51. The fourth-order valence-electron chi connectivity index (χ4n) is 2.66. The molecule has 11 nitrogen and oxygen atoms in total. The average Bonchev–Trinajstić information content (AvgIpc) is 2.89. The Morgan fingerprint density at radius 1 is 1.59 bits per heavy atom. The van der Waals surface area contributed by atoms with Crippen molar-refractivity contribution in [2.24, 2.45) is 0 Å². The molecule has 2 bridgehead atoms. The summed E-state index contributed by atoms with van der Waals surface area (Å²) in [4.78, 5) is 33.4. The van der Waals surface area contributed by atoms with Gasteiger partial charge < -0.3 is 30.1 Å². The molecule has 2 saturated heterocycles. The molecule has 2 fully saturated rings. The van der Waals surface area contributed by atoms with Gasteiger partial charge in [-0.3, -0.25) is 9.09 Å². The van der Waals surface area contributed by atoms with Gasteiger partial charge in [-0.15, -0.1) is 0 Å². The normalized spacial score (nSPS) is 34.2. The summed E-state index contributed by atoms with van der Waals surface area (Å²) in [6.45, 7) is -0.714. The van der Waals surface area contributed by atoms with Crippen LogP contribution in [0.15, 0.2) is 17.1 Å². The Morgan fingerprint density at radius 3 is 2.91 bits per heavy atom. The number of nitrogens with zero attached hydrogens (tertiary/aromatic N) is 2. The smallest absolute Gasteiger partial charge is 0.393 e. The molecule has 0 spiro atoms. The zero-order valence-electron chi connectivity index (χ0n) is 11.1. The summed E-state index contributed by atoms with van der Waals surface area (Å²) >= 11 is 0. The minimum absolute atomic E-state index is 0.0187. The highest BCUT2D eigenvalue weighted by molar-refractivity contribution is 7.46. The zero-order valence-corrected chi connectivity index (χ0v) is 12.0. The average molecular weight is 335 g/mol. The maximum atomic E-state index is 11.9. The molecule has 1 aromatic heterocycles. The van der Waals surface area contributed by atoms with Gasteiger partial charge in [-0.25, -0.2) is 9.36 Å². The molecule has 2 aliphatic heterocycles. The van der Waals surface area contributed by atoms with Gasteiger partial charge in [0.05, 0.1) is 13.2 Å². The summed E-state index contributed by atoms with van der Waals surface area (Å²) in [5.74, 6) is 0.0187. The Morgan fingerprint density at radius 2 is 2.32 bits per heavy atom. The van der Waals surface area contributed by atoms with Crippen LogP contribution in [0.3, 0.4) is 0 Å². The molecule has 0 saturated carbocycles. The van der Waals surface area contributed by atoms with Crippen molar-refractivity contribution in [1.82, 2.24) is 9.55 Å². The van der Waals surface area contributed by atoms with Crippen molar-refractivity contribution in [3.05, 3.63) is 22.7 Å². The van der Waals surface area contributed by atoms with Gasteiger partial charge in [-0.2, -0.15) is 4.98 Å². The third-order valence-corrected chi connectivity index (χ3v) is 4.12. The maximum Gasteiger partial charge on any atom is 0.470 e. The van der Waals surface area contributed by atoms with Crippen LogP contribution in [0.2, 0.25) is 0 Å². The molecular formula is C10H14N3O8P. The Labute approximate surface area is 123 Å². The lowest BCUT2D eigenvalue weighted by atomic mass is 10.0. The molecule has 4 atom stereocenters. The van der Waals surface area contributed by atoms with Crippen LogP contribution in [-0.4, -0.2) is 55.5 Å². The van der Waals surface area contributed by atoms with Gasteiger partial charge in [0.15, 0.2) is 6.23 Å². The van der Waals surface area contributed by atoms with Crippen molar-refractivity contribution in [2.75, 3.05) is 18.9 Å². The largest absolute Gasteiger partial charge is 0.470 e. The van der Waals surface area contributed by atoms with Crippen LogP contribution in [-0.2, 0) is 18.6 Å². The second kappa shape index (κ2) is 5.10. The monoisotopic (exact) mass is 335 g/mol. The number of hydrogen-bond acceptors (Lipinski definition) is 8. The number of anilines is 1. The minimum Gasteiger partial charge on any atom is -0.393 e. The van der Waals surface area contributed by atoms with E-state index in [4.69, 9.17) is 29.5 Å². The predicted molar refractivity (Wildman–Crippen MR) is 69.5 cm³/mol. The van der Waals surface area contributed by atoms with E-state index < -0.39 is 44.2 Å². The van der Waals surface area contributed by atoms with Crippen LogP contribution in [0.1, 0.15) is 6.23 Å². The molecule has 0 radical (unpaired) electrons. The molecule has 0 unspecified atom stereocenters. The number of aliphatic hydroxyl groups excluding tert-OH is 1. The second-order valence-corrected chi connectivity index (χ2v) is 6.26. The van der Waals surface area contributed by atoms with E-state index in [1.807, 2.05) is 0 Å². The summed E-state index contributed by atoms with van der Waals surface area (Å²) in [5, 5.41) is 9.53. The molecule has 22 heavy (non-hydrogen) atoms. The standard InChI is InChI=1S/C10H14N3O8P/c11-5-1-2-13(9(15)12-5)8-6-7(21-22(16,17)18)10(3-14,20-8)4-19-6/h1-2,6-8,14H,3-4H2,(H2,11,12,15)(H2,16,17,18)/t6-,7+,8+,10+/m0/s1. The highest BCUT2D eigenvalue weighted by atomic mass is 31.2. The van der Waals surface area contributed by atoms with Gasteiger partial charge >= 0.3 is 13.5 Å². The third kappa shape index (κ3) is 2.46. The van der Waals surface area contributed by atoms with Gasteiger partial charge in [-0.1, -0.05) is 0 Å². The minimum atomic E-state index is -4.84. The summed E-state index contributed by atoms with van der Waals surface area (Å²) in [5.41, 5.74) is 3.22. The van der Waals surface area contributed by atoms with Crippen LogP contribution in [0.5, 0.6) is 0 Å². The first-order chi connectivity index (χ1) is 10.3. The fourth-order valence-corrected chi connectivity index (χ4v) is 3.27. The highest BCUT2D eigenvalue weighted by Gasteiger charge is 2.64. The number of rotatable bonds is 4. The molecule has 3 rings (SSSR count). The third-order valence-electron chi connectivity index (χ3n) is 3.62. The summed E-state index contributed by atoms with van der Waals surface area (Å²) < 4.78 is 27.8. The molecule has 3 heterocycles. The number of ether oxygens (including phenoxy) is 2. The lowest BCUT2D eigenvalue weighted by Gasteiger charge is -2.29. The SMILES string of the molecule is Nc1ccn([C@@H]2O[C@]3(CO)CO[C@H]2[C@H]3OP(=O)(O)O)c(=O)n1. The van der Waals surface area contributed by atoms with Crippen molar-refractivity contribution in [1.29, 1.82) is 0 Å². The quantitative estimate of drug-likeness (QED) is 0.450. The van der Waals surface area contributed by atoms with Gasteiger partial charge in [0, 0.05) is 6.20 Å². The Kier molecular flexibility index (Phi) is 3.61. The predicted octanol–water partition coefficient (Wildman–Crippen LogP) is -2.04. The number of nitrogen functional groups attached to an aromatic ring is 1. The van der Waals surface area contributed by atoms with Crippen LogP contribution >= 0.6 is 7.82 Å². The van der Waals surface area contributed by atoms with Crippen LogP contribution in [0.25, 0.3) is 0 Å². The van der Waals surface area contributed by atoms with Gasteiger partial charge in [0.2, 0.25) is 0 Å². The molecule has 122 valence electrons. The van der Waals surface area contributed by atoms with Crippen molar-refractivity contribution >= 4 is 13.6 Å². The molecule has 0 aliphatic carbocycles. The van der Waals surface area contributed by atoms with E-state index in [2.05, 4.69) is 4.98 Å². The Hall–Kier alpha value is -1.33. The Bertz CT molecular complexity index is 689. The number of aromatic nitrogens is 2. The van der Waals surface area contributed by atoms with Crippen LogP contribution in [0.4, 0.5) is 5.82 Å². The van der Waals surface area contributed by atoms with E-state index in [1.165, 1.54) is 12.3 Å². The van der Waals surface area contributed by atoms with E-state index in [0.717, 1.165) is 4.57 Å². The van der Waals surface area contributed by atoms with Crippen molar-refractivity contribution in [3.63, 3.8) is 0 Å². The maximum absolute atomic E-state index is 11.9. The first kappa shape index (κ1) is 15.6. The fraction of sp³-hybridized carbons (Fsp3) is 0.600. The summed E-state index contributed by atoms with van der Waals surface area (Å²) in [7, 11) is -4.84. The molecule has 2 aliphatic rings. The Balaban J connectivity index is 1.97. The molecule has 0 aromatic carbocycles. The van der Waals surface area contributed by atoms with Crippen molar-refractivity contribution in [2.45, 2.75) is 24.0 Å². The zero-order chi connectivity index (χ0) is 16.1. The van der Waals surface area contributed by atoms with Gasteiger partial charge in [-0.05, 0) is 6.07 Å². The van der Waals surface area contributed by atoms with Crippen molar-refractivity contribution < 1.29 is 33.5 Å². The molecule has 1 aromatic rings. The number of phosphoric ester groups is 1. The van der Waals surface area contributed by atoms with Crippen LogP contribution < -0.4 is 11.4 Å². The molecule has 0 amide bonds. The number of aliphatic hydroxyl groups is 1. The number of phosphoric acid groups is 1. The van der Waals surface area contributed by atoms with E-state index in [1.54, 1.807) is 0 Å². The molecular weight excluding hydrogens is 321 g/mol. The molecule has 5 N–H and O–H groups in total. The topological polar surface area (TPSA) is 166 Å². The van der Waals surface area contributed by atoms with E-state index >= 15 is 0 Å². The van der Waals surface area contributed by atoms with Gasteiger partial charge in [0.1, 0.15) is 23.6 Å². The number of fused-ring (bicyclic) bond motifs is 2. The second-order valence-electron chi connectivity index (χ2n) is 5.07. The lowest BCUT2D eigenvalue weighted by molar-refractivity contribution is -0.187. The number of nitrogens with two attached hydrogens (primary N) is 1. The lowest BCUT2D eigenvalue weighted by Crippen LogP contribution is -2.45. The van der Waals surface area contributed by atoms with E-state index in [0.29, 0.717) is 0 Å². The summed E-state index contributed by atoms with van der Waals surface area (Å²) in [6, 6.07) is 1.36. The first-order valence-electron chi connectivity index (χ1n) is 6.25.